The summed E-state index contributed by atoms with van der Waals surface area (Å²) in [7, 11) is 1.31. The van der Waals surface area contributed by atoms with Crippen LogP contribution >= 0.6 is 0 Å². The summed E-state index contributed by atoms with van der Waals surface area (Å²) in [5.74, 6) is -0.863. The molecule has 0 spiro atoms. The molecule has 5 nitrogen and oxygen atoms in total. The minimum atomic E-state index is -0.636. The third-order valence-electron chi connectivity index (χ3n) is 3.57. The predicted octanol–water partition coefficient (Wildman–Crippen LogP) is 0.860. The first-order valence-electron chi connectivity index (χ1n) is 6.71. The Morgan fingerprint density at radius 2 is 2.20 bits per heavy atom. The summed E-state index contributed by atoms with van der Waals surface area (Å²) in [6.45, 7) is 5.00. The highest BCUT2D eigenvalue weighted by Crippen LogP contribution is 2.25. The maximum atomic E-state index is 12.3. The zero-order valence-corrected chi connectivity index (χ0v) is 12.0. The second-order valence-corrected chi connectivity index (χ2v) is 5.14. The van der Waals surface area contributed by atoms with Crippen LogP contribution in [0.3, 0.4) is 0 Å². The zero-order valence-electron chi connectivity index (χ0n) is 12.0. The van der Waals surface area contributed by atoms with E-state index in [4.69, 9.17) is 0 Å². The van der Waals surface area contributed by atoms with Crippen molar-refractivity contribution in [2.45, 2.75) is 32.4 Å². The molecule has 1 heterocycles. The average Bonchev–Trinajstić information content (AvgIpc) is 2.45. The average molecular weight is 276 g/mol. The third kappa shape index (κ3) is 2.99. The van der Waals surface area contributed by atoms with E-state index in [2.05, 4.69) is 21.4 Å². The van der Waals surface area contributed by atoms with Gasteiger partial charge in [0.05, 0.1) is 13.0 Å². The van der Waals surface area contributed by atoms with E-state index in [0.717, 1.165) is 17.7 Å². The molecule has 5 heteroatoms. The lowest BCUT2D eigenvalue weighted by atomic mass is 9.89. The molecule has 0 aliphatic carbocycles. The number of hydrogen-bond acceptors (Lipinski definition) is 4. The molecular formula is C15H20N2O3. The molecule has 2 atom stereocenters. The van der Waals surface area contributed by atoms with Crippen molar-refractivity contribution in [2.75, 3.05) is 13.7 Å². The van der Waals surface area contributed by atoms with Gasteiger partial charge in [0.25, 0.3) is 0 Å². The van der Waals surface area contributed by atoms with Gasteiger partial charge in [-0.25, -0.2) is 4.79 Å². The van der Waals surface area contributed by atoms with E-state index in [-0.39, 0.29) is 11.8 Å². The van der Waals surface area contributed by atoms with Crippen molar-refractivity contribution in [3.05, 3.63) is 34.9 Å². The van der Waals surface area contributed by atoms with E-state index >= 15 is 0 Å². The fourth-order valence-electron chi connectivity index (χ4n) is 2.47. The van der Waals surface area contributed by atoms with Gasteiger partial charge in [-0.1, -0.05) is 23.8 Å². The Morgan fingerprint density at radius 1 is 1.45 bits per heavy atom. The summed E-state index contributed by atoms with van der Waals surface area (Å²) >= 11 is 0. The molecular weight excluding hydrogens is 256 g/mol. The van der Waals surface area contributed by atoms with Crippen LogP contribution in [0.25, 0.3) is 0 Å². The molecule has 1 aliphatic rings. The van der Waals surface area contributed by atoms with Gasteiger partial charge in [0.2, 0.25) is 5.91 Å². The van der Waals surface area contributed by atoms with E-state index in [0.29, 0.717) is 6.54 Å². The second-order valence-electron chi connectivity index (χ2n) is 5.14. The van der Waals surface area contributed by atoms with E-state index < -0.39 is 12.0 Å². The largest absolute Gasteiger partial charge is 0.467 e. The molecule has 0 radical (unpaired) electrons. The number of esters is 1. The molecule has 2 unspecified atom stereocenters. The van der Waals surface area contributed by atoms with Crippen LogP contribution in [0.1, 0.15) is 29.5 Å². The molecule has 0 bridgehead atoms. The molecule has 1 amide bonds. The highest BCUT2D eigenvalue weighted by atomic mass is 16.5. The Balaban J connectivity index is 2.15. The highest BCUT2D eigenvalue weighted by molar-refractivity contribution is 5.89. The molecule has 1 aromatic rings. The number of hydrogen-bond donors (Lipinski definition) is 2. The van der Waals surface area contributed by atoms with Gasteiger partial charge >= 0.3 is 5.97 Å². The number of amides is 1. The summed E-state index contributed by atoms with van der Waals surface area (Å²) in [6, 6.07) is 5.46. The molecule has 2 N–H and O–H groups in total. The van der Waals surface area contributed by atoms with E-state index in [9.17, 15) is 9.59 Å². The number of benzene rings is 1. The van der Waals surface area contributed by atoms with Crippen LogP contribution in [0.15, 0.2) is 18.2 Å². The number of carbonyl (C=O) groups is 2. The first kappa shape index (κ1) is 14.5. The van der Waals surface area contributed by atoms with Crippen molar-refractivity contribution in [2.24, 2.45) is 0 Å². The quantitative estimate of drug-likeness (QED) is 0.804. The Labute approximate surface area is 118 Å². The van der Waals surface area contributed by atoms with Crippen LogP contribution < -0.4 is 10.6 Å². The number of nitrogens with one attached hydrogen (secondary N) is 2. The fraction of sp³-hybridized carbons (Fsp3) is 0.467. The van der Waals surface area contributed by atoms with E-state index in [1.807, 2.05) is 19.1 Å². The number of fused-ring (bicyclic) bond motifs is 1. The summed E-state index contributed by atoms with van der Waals surface area (Å²) in [4.78, 5) is 23.7. The van der Waals surface area contributed by atoms with Crippen LogP contribution in [0, 0.1) is 6.92 Å². The minimum Gasteiger partial charge on any atom is -0.467 e. The molecule has 20 heavy (non-hydrogen) atoms. The van der Waals surface area contributed by atoms with Gasteiger partial charge in [0, 0.05) is 13.1 Å². The standard InChI is InChI=1S/C15H20N2O3/c1-9-4-5-12-11(6-9)7-16-8-13(12)14(18)17-10(2)15(19)20-3/h4-6,10,13,16H,7-8H2,1-3H3,(H,17,18). The minimum absolute atomic E-state index is 0.153. The molecule has 0 aromatic heterocycles. The van der Waals surface area contributed by atoms with Crippen molar-refractivity contribution in [1.29, 1.82) is 0 Å². The van der Waals surface area contributed by atoms with Crippen LogP contribution in [0.4, 0.5) is 0 Å². The third-order valence-corrected chi connectivity index (χ3v) is 3.57. The van der Waals surface area contributed by atoms with Gasteiger partial charge in [-0.3, -0.25) is 4.79 Å². The summed E-state index contributed by atoms with van der Waals surface area (Å²) in [6.07, 6.45) is 0. The predicted molar refractivity (Wildman–Crippen MR) is 75.2 cm³/mol. The summed E-state index contributed by atoms with van der Waals surface area (Å²) in [5.41, 5.74) is 3.35. The lowest BCUT2D eigenvalue weighted by molar-refractivity contribution is -0.144. The van der Waals surface area contributed by atoms with Crippen molar-refractivity contribution in [1.82, 2.24) is 10.6 Å². The van der Waals surface area contributed by atoms with Crippen molar-refractivity contribution in [3.63, 3.8) is 0 Å². The smallest absolute Gasteiger partial charge is 0.328 e. The molecule has 1 aromatic carbocycles. The van der Waals surface area contributed by atoms with Crippen LogP contribution in [0.2, 0.25) is 0 Å². The number of ether oxygens (including phenoxy) is 1. The van der Waals surface area contributed by atoms with E-state index in [1.165, 1.54) is 12.7 Å². The number of aryl methyl sites for hydroxylation is 1. The summed E-state index contributed by atoms with van der Waals surface area (Å²) < 4.78 is 4.62. The number of methoxy groups -OCH3 is 1. The van der Waals surface area contributed by atoms with Crippen molar-refractivity contribution < 1.29 is 14.3 Å². The fourth-order valence-corrected chi connectivity index (χ4v) is 2.47. The Morgan fingerprint density at radius 3 is 2.90 bits per heavy atom. The molecule has 0 saturated heterocycles. The zero-order chi connectivity index (χ0) is 14.7. The van der Waals surface area contributed by atoms with Gasteiger partial charge in [0.1, 0.15) is 6.04 Å². The van der Waals surface area contributed by atoms with Crippen LogP contribution in [0.5, 0.6) is 0 Å². The van der Waals surface area contributed by atoms with Gasteiger partial charge in [0.15, 0.2) is 0 Å². The maximum Gasteiger partial charge on any atom is 0.328 e. The van der Waals surface area contributed by atoms with Gasteiger partial charge in [-0.15, -0.1) is 0 Å². The Kier molecular flexibility index (Phi) is 4.39. The Hall–Kier alpha value is -1.88. The highest BCUT2D eigenvalue weighted by Gasteiger charge is 2.28. The number of rotatable bonds is 3. The monoisotopic (exact) mass is 276 g/mol. The van der Waals surface area contributed by atoms with Gasteiger partial charge in [-0.2, -0.15) is 0 Å². The Bertz CT molecular complexity index is 528. The van der Waals surface area contributed by atoms with Crippen LogP contribution in [-0.4, -0.2) is 31.6 Å². The van der Waals surface area contributed by atoms with E-state index in [1.54, 1.807) is 6.92 Å². The topological polar surface area (TPSA) is 67.4 Å². The molecule has 0 saturated carbocycles. The normalized spacial score (nSPS) is 18.9. The molecule has 1 aliphatic heterocycles. The maximum absolute atomic E-state index is 12.3. The SMILES string of the molecule is COC(=O)C(C)NC(=O)C1CNCc2cc(C)ccc21. The van der Waals surface area contributed by atoms with Crippen molar-refractivity contribution in [3.8, 4) is 0 Å². The second kappa shape index (κ2) is 6.05. The van der Waals surface area contributed by atoms with Crippen LogP contribution in [-0.2, 0) is 20.9 Å². The first-order chi connectivity index (χ1) is 9.52. The lowest BCUT2D eigenvalue weighted by Crippen LogP contribution is -2.45. The van der Waals surface area contributed by atoms with Crippen molar-refractivity contribution >= 4 is 11.9 Å². The molecule has 2 rings (SSSR count). The lowest BCUT2D eigenvalue weighted by Gasteiger charge is -2.27. The molecule has 108 valence electrons. The van der Waals surface area contributed by atoms with Gasteiger partial charge < -0.3 is 15.4 Å². The molecule has 0 fully saturated rings. The first-order valence-corrected chi connectivity index (χ1v) is 6.71. The number of carbonyl (C=O) groups excluding carboxylic acids is 2. The summed E-state index contributed by atoms with van der Waals surface area (Å²) in [5, 5.41) is 5.94. The van der Waals surface area contributed by atoms with Gasteiger partial charge in [-0.05, 0) is 25.0 Å².